The molecule has 6 heteroatoms. The largest absolute Gasteiger partial charge is 0.493 e. The van der Waals surface area contributed by atoms with Gasteiger partial charge < -0.3 is 18.4 Å². The van der Waals surface area contributed by atoms with Crippen LogP contribution in [0.5, 0.6) is 17.2 Å². The molecule has 0 saturated heterocycles. The summed E-state index contributed by atoms with van der Waals surface area (Å²) in [6, 6.07) is 3.73. The van der Waals surface area contributed by atoms with Gasteiger partial charge in [0.25, 0.3) is 0 Å². The van der Waals surface area contributed by atoms with E-state index < -0.39 is 0 Å². The summed E-state index contributed by atoms with van der Waals surface area (Å²) in [5.41, 5.74) is 0.967. The Labute approximate surface area is 117 Å². The first kappa shape index (κ1) is 15.3. The minimum absolute atomic E-state index is 0.172. The van der Waals surface area contributed by atoms with Gasteiger partial charge in [0.15, 0.2) is 11.5 Å². The average molecular weight is 290 g/mol. The van der Waals surface area contributed by atoms with E-state index in [4.69, 9.17) is 18.4 Å². The minimum Gasteiger partial charge on any atom is -0.493 e. The molecule has 18 heavy (non-hydrogen) atoms. The molecule has 0 N–H and O–H groups in total. The van der Waals surface area contributed by atoms with Gasteiger partial charge in [0.05, 0.1) is 26.9 Å². The van der Waals surface area contributed by atoms with Crippen LogP contribution < -0.4 is 13.7 Å². The quantitative estimate of drug-likeness (QED) is 0.472. The second-order valence-corrected chi connectivity index (χ2v) is 4.61. The minimum atomic E-state index is 0.172. The summed E-state index contributed by atoms with van der Waals surface area (Å²) in [7, 11) is 3.16. The van der Waals surface area contributed by atoms with Crippen LogP contribution in [-0.4, -0.2) is 20.3 Å². The van der Waals surface area contributed by atoms with Gasteiger partial charge in [-0.3, -0.25) is 0 Å². The molecule has 0 heterocycles. The fourth-order valence-electron chi connectivity index (χ4n) is 1.40. The Morgan fingerprint density at radius 3 is 2.11 bits per heavy atom. The van der Waals surface area contributed by atoms with Gasteiger partial charge in [-0.15, -0.1) is 0 Å². The van der Waals surface area contributed by atoms with Gasteiger partial charge in [0.1, 0.15) is 11.1 Å². The van der Waals surface area contributed by atoms with E-state index in [1.807, 2.05) is 26.0 Å². The van der Waals surface area contributed by atoms with E-state index >= 15 is 0 Å². The standard InChI is InChI=1S/C12H18O4S2/c1-8(2)15-7-9-5-10(13-3)12(16-18-17)11(6-9)14-4/h5-6,8,17H,7H2,1-4H3. The fourth-order valence-corrected chi connectivity index (χ4v) is 1.86. The maximum Gasteiger partial charge on any atom is 0.222 e. The predicted molar refractivity (Wildman–Crippen MR) is 76.7 cm³/mol. The summed E-state index contributed by atoms with van der Waals surface area (Å²) in [5, 5.41) is 0. The molecule has 0 atom stereocenters. The van der Waals surface area contributed by atoms with E-state index in [2.05, 4.69) is 11.7 Å². The van der Waals surface area contributed by atoms with Crippen LogP contribution in [0, 0.1) is 0 Å². The zero-order valence-electron chi connectivity index (χ0n) is 10.9. The number of benzene rings is 1. The number of thiol groups is 1. The normalized spacial score (nSPS) is 10.6. The van der Waals surface area contributed by atoms with Crippen molar-refractivity contribution in [1.82, 2.24) is 0 Å². The van der Waals surface area contributed by atoms with E-state index in [0.29, 0.717) is 23.9 Å². The third-order valence-electron chi connectivity index (χ3n) is 2.22. The molecule has 0 unspecified atom stereocenters. The van der Waals surface area contributed by atoms with Crippen molar-refractivity contribution in [2.24, 2.45) is 0 Å². The number of rotatable bonds is 7. The summed E-state index contributed by atoms with van der Waals surface area (Å²) in [4.78, 5) is 0. The van der Waals surface area contributed by atoms with Crippen molar-refractivity contribution in [2.45, 2.75) is 26.6 Å². The lowest BCUT2D eigenvalue weighted by atomic mass is 10.2. The zero-order valence-corrected chi connectivity index (χ0v) is 12.6. The molecule has 4 nitrogen and oxygen atoms in total. The molecule has 0 aliphatic rings. The van der Waals surface area contributed by atoms with Crippen LogP contribution in [-0.2, 0) is 11.3 Å². The first-order chi connectivity index (χ1) is 8.62. The van der Waals surface area contributed by atoms with Crippen LogP contribution in [0.25, 0.3) is 0 Å². The molecular weight excluding hydrogens is 272 g/mol. The number of hydrogen-bond acceptors (Lipinski definition) is 6. The first-order valence-electron chi connectivity index (χ1n) is 5.47. The monoisotopic (exact) mass is 290 g/mol. The summed E-state index contributed by atoms with van der Waals surface area (Å²) >= 11 is 4.90. The van der Waals surface area contributed by atoms with E-state index in [0.717, 1.165) is 16.6 Å². The molecule has 0 aromatic heterocycles. The first-order valence-corrected chi connectivity index (χ1v) is 7.26. The van der Waals surface area contributed by atoms with Crippen molar-refractivity contribution in [1.29, 1.82) is 0 Å². The summed E-state index contributed by atoms with van der Waals surface area (Å²) in [5.74, 6) is 1.71. The molecule has 0 aliphatic heterocycles. The molecule has 1 rings (SSSR count). The van der Waals surface area contributed by atoms with Gasteiger partial charge in [0.2, 0.25) is 5.75 Å². The Morgan fingerprint density at radius 1 is 1.17 bits per heavy atom. The van der Waals surface area contributed by atoms with Crippen LogP contribution in [0.2, 0.25) is 0 Å². The lowest BCUT2D eigenvalue weighted by Crippen LogP contribution is -2.03. The molecule has 0 saturated carbocycles. The fraction of sp³-hybridized carbons (Fsp3) is 0.500. The average Bonchev–Trinajstić information content (AvgIpc) is 2.37. The second kappa shape index (κ2) is 7.66. The summed E-state index contributed by atoms with van der Waals surface area (Å²) < 4.78 is 21.4. The maximum atomic E-state index is 5.55. The highest BCUT2D eigenvalue weighted by atomic mass is 33.1. The third kappa shape index (κ3) is 4.19. The van der Waals surface area contributed by atoms with Crippen molar-refractivity contribution in [3.63, 3.8) is 0 Å². The Bertz CT molecular complexity index is 357. The SMILES string of the molecule is COc1cc(COC(C)C)cc(OC)c1OSS. The molecule has 0 fully saturated rings. The van der Waals surface area contributed by atoms with Crippen molar-refractivity contribution in [3.05, 3.63) is 17.7 Å². The van der Waals surface area contributed by atoms with Gasteiger partial charge in [-0.05, 0) is 31.5 Å². The molecule has 0 bridgehead atoms. The molecule has 102 valence electrons. The Kier molecular flexibility index (Phi) is 6.52. The Balaban J connectivity index is 3.01. The van der Waals surface area contributed by atoms with Crippen molar-refractivity contribution in [2.75, 3.05) is 14.2 Å². The summed E-state index contributed by atoms with van der Waals surface area (Å²) in [6.45, 7) is 4.48. The topological polar surface area (TPSA) is 36.9 Å². The third-order valence-corrected chi connectivity index (χ3v) is 2.69. The van der Waals surface area contributed by atoms with Crippen LogP contribution in [0.3, 0.4) is 0 Å². The molecule has 1 aromatic carbocycles. The predicted octanol–water partition coefficient (Wildman–Crippen LogP) is 3.50. The lowest BCUT2D eigenvalue weighted by molar-refractivity contribution is 0.0654. The molecule has 0 spiro atoms. The van der Waals surface area contributed by atoms with Gasteiger partial charge >= 0.3 is 0 Å². The lowest BCUT2D eigenvalue weighted by Gasteiger charge is -2.14. The molecule has 0 amide bonds. The van der Waals surface area contributed by atoms with Gasteiger partial charge in [-0.1, -0.05) is 11.7 Å². The molecular formula is C12H18O4S2. The van der Waals surface area contributed by atoms with Gasteiger partial charge in [-0.2, -0.15) is 0 Å². The van der Waals surface area contributed by atoms with E-state index in [1.54, 1.807) is 14.2 Å². The second-order valence-electron chi connectivity index (χ2n) is 3.85. The number of methoxy groups -OCH3 is 2. The Morgan fingerprint density at radius 2 is 1.72 bits per heavy atom. The van der Waals surface area contributed by atoms with E-state index in [9.17, 15) is 0 Å². The van der Waals surface area contributed by atoms with Crippen LogP contribution in [0.4, 0.5) is 0 Å². The van der Waals surface area contributed by atoms with E-state index in [-0.39, 0.29) is 6.10 Å². The van der Waals surface area contributed by atoms with Crippen LogP contribution in [0.1, 0.15) is 19.4 Å². The van der Waals surface area contributed by atoms with Crippen molar-refractivity contribution in [3.8, 4) is 17.2 Å². The smallest absolute Gasteiger partial charge is 0.222 e. The number of ether oxygens (including phenoxy) is 3. The maximum absolute atomic E-state index is 5.55. The zero-order chi connectivity index (χ0) is 13.5. The highest BCUT2D eigenvalue weighted by molar-refractivity contribution is 8.66. The van der Waals surface area contributed by atoms with Crippen LogP contribution in [0.15, 0.2) is 12.1 Å². The van der Waals surface area contributed by atoms with E-state index in [1.165, 1.54) is 0 Å². The highest BCUT2D eigenvalue weighted by Crippen LogP contribution is 2.41. The van der Waals surface area contributed by atoms with Gasteiger partial charge in [-0.25, -0.2) is 0 Å². The Hall–Kier alpha value is -0.720. The van der Waals surface area contributed by atoms with Crippen molar-refractivity contribution < 1.29 is 18.4 Å². The van der Waals surface area contributed by atoms with Crippen molar-refractivity contribution >= 4 is 22.7 Å². The molecule has 0 aliphatic carbocycles. The molecule has 0 radical (unpaired) electrons. The van der Waals surface area contributed by atoms with Crippen LogP contribution >= 0.6 is 22.7 Å². The molecule has 1 aromatic rings. The van der Waals surface area contributed by atoms with Gasteiger partial charge in [0, 0.05) is 0 Å². The summed E-state index contributed by atoms with van der Waals surface area (Å²) in [6.07, 6.45) is 0.172. The highest BCUT2D eigenvalue weighted by Gasteiger charge is 2.14. The number of hydrogen-bond donors (Lipinski definition) is 1.